The van der Waals surface area contributed by atoms with Gasteiger partial charge in [-0.2, -0.15) is 0 Å². The Balaban J connectivity index is 1.77. The van der Waals surface area contributed by atoms with Crippen LogP contribution in [0, 0.1) is 17.7 Å². The Hall–Kier alpha value is -2.50. The summed E-state index contributed by atoms with van der Waals surface area (Å²) in [7, 11) is 0. The third kappa shape index (κ3) is 2.25. The molecule has 0 unspecified atom stereocenters. The van der Waals surface area contributed by atoms with Crippen LogP contribution in [-0.4, -0.2) is 39.5 Å². The van der Waals surface area contributed by atoms with Gasteiger partial charge in [-0.25, -0.2) is 9.18 Å². The second-order valence-corrected chi connectivity index (χ2v) is 6.62. The molecule has 0 bridgehead atoms. The monoisotopic (exact) mass is 328 g/mol. The van der Waals surface area contributed by atoms with Gasteiger partial charge in [0.05, 0.1) is 11.1 Å². The molecule has 0 spiro atoms. The van der Waals surface area contributed by atoms with Crippen molar-refractivity contribution in [2.45, 2.75) is 25.3 Å². The van der Waals surface area contributed by atoms with E-state index < -0.39 is 23.7 Å². The second kappa shape index (κ2) is 5.54. The number of rotatable bonds is 2. The van der Waals surface area contributed by atoms with Crippen molar-refractivity contribution < 1.29 is 19.1 Å². The van der Waals surface area contributed by atoms with E-state index in [0.717, 1.165) is 25.3 Å². The van der Waals surface area contributed by atoms with Crippen molar-refractivity contribution in [1.82, 2.24) is 9.88 Å². The molecule has 4 rings (SSSR count). The molecule has 5 nitrogen and oxygen atoms in total. The van der Waals surface area contributed by atoms with E-state index in [-0.39, 0.29) is 17.4 Å². The lowest BCUT2D eigenvalue weighted by atomic mass is 9.94. The van der Waals surface area contributed by atoms with E-state index in [1.165, 1.54) is 11.0 Å². The molecule has 6 heteroatoms. The maximum atomic E-state index is 13.9. The molecular formula is C18H17FN2O3. The fourth-order valence-electron chi connectivity index (χ4n) is 4.30. The number of hydrogen-bond donors (Lipinski definition) is 1. The smallest absolute Gasteiger partial charge is 0.326 e. The third-order valence-electron chi connectivity index (χ3n) is 5.30. The fraction of sp³-hybridized carbons (Fsp3) is 0.389. The number of nitrogens with zero attached hydrogens (tertiary/aromatic N) is 2. The average Bonchev–Trinajstić information content (AvgIpc) is 3.13. The van der Waals surface area contributed by atoms with Crippen molar-refractivity contribution in [3.8, 4) is 0 Å². The van der Waals surface area contributed by atoms with Crippen LogP contribution < -0.4 is 0 Å². The molecule has 1 saturated carbocycles. The van der Waals surface area contributed by atoms with Gasteiger partial charge < -0.3 is 10.0 Å². The number of pyridine rings is 1. The maximum Gasteiger partial charge on any atom is 0.326 e. The number of benzene rings is 1. The van der Waals surface area contributed by atoms with E-state index in [9.17, 15) is 19.1 Å². The zero-order valence-corrected chi connectivity index (χ0v) is 13.0. The number of hydrogen-bond acceptors (Lipinski definition) is 3. The number of likely N-dealkylation sites (tertiary alicyclic amines) is 1. The van der Waals surface area contributed by atoms with Gasteiger partial charge in [0.15, 0.2) is 0 Å². The minimum atomic E-state index is -0.980. The number of carbonyl (C=O) groups excluding carboxylic acids is 1. The lowest BCUT2D eigenvalue weighted by molar-refractivity contribution is -0.142. The Morgan fingerprint density at radius 1 is 1.29 bits per heavy atom. The summed E-state index contributed by atoms with van der Waals surface area (Å²) >= 11 is 0. The van der Waals surface area contributed by atoms with E-state index in [2.05, 4.69) is 4.98 Å². The van der Waals surface area contributed by atoms with Crippen molar-refractivity contribution in [3.05, 3.63) is 41.8 Å². The van der Waals surface area contributed by atoms with E-state index >= 15 is 0 Å². The standard InChI is InChI=1S/C18H17FN2O3/c19-12-7-10-4-2-6-20-15(10)14(8-12)17(22)21-9-11-3-1-5-13(11)16(21)18(23)24/h2,4,6-8,11,13,16H,1,3,5,9H2,(H,23,24)/t11-,13-,16-/m0/s1. The summed E-state index contributed by atoms with van der Waals surface area (Å²) in [5.41, 5.74) is 0.543. The average molecular weight is 328 g/mol. The molecule has 1 aliphatic heterocycles. The molecule has 2 aliphatic rings. The van der Waals surface area contributed by atoms with Crippen LogP contribution in [-0.2, 0) is 4.79 Å². The van der Waals surface area contributed by atoms with Crippen LogP contribution in [0.1, 0.15) is 29.6 Å². The Morgan fingerprint density at radius 3 is 2.92 bits per heavy atom. The molecule has 24 heavy (non-hydrogen) atoms. The molecule has 2 aromatic rings. The highest BCUT2D eigenvalue weighted by molar-refractivity contribution is 6.06. The molecule has 1 N–H and O–H groups in total. The number of fused-ring (bicyclic) bond motifs is 2. The molecule has 3 atom stereocenters. The highest BCUT2D eigenvalue weighted by Crippen LogP contribution is 2.43. The summed E-state index contributed by atoms with van der Waals surface area (Å²) < 4.78 is 13.9. The van der Waals surface area contributed by atoms with Gasteiger partial charge in [0, 0.05) is 18.1 Å². The van der Waals surface area contributed by atoms with Crippen molar-refractivity contribution in [2.24, 2.45) is 11.8 Å². The van der Waals surface area contributed by atoms with E-state index in [1.54, 1.807) is 18.3 Å². The van der Waals surface area contributed by atoms with Crippen LogP contribution in [0.5, 0.6) is 0 Å². The molecule has 1 aromatic heterocycles. The number of amides is 1. The normalized spacial score (nSPS) is 25.9. The van der Waals surface area contributed by atoms with Gasteiger partial charge in [-0.3, -0.25) is 9.78 Å². The lowest BCUT2D eigenvalue weighted by Gasteiger charge is -2.24. The first-order chi connectivity index (χ1) is 11.6. The highest BCUT2D eigenvalue weighted by atomic mass is 19.1. The first-order valence-corrected chi connectivity index (χ1v) is 8.14. The first-order valence-electron chi connectivity index (χ1n) is 8.14. The number of aliphatic carboxylic acids is 1. The van der Waals surface area contributed by atoms with Gasteiger partial charge in [-0.1, -0.05) is 12.5 Å². The van der Waals surface area contributed by atoms with Crippen LogP contribution in [0.25, 0.3) is 10.9 Å². The molecule has 1 saturated heterocycles. The van der Waals surface area contributed by atoms with Crippen molar-refractivity contribution >= 4 is 22.8 Å². The van der Waals surface area contributed by atoms with E-state index in [4.69, 9.17) is 0 Å². The summed E-state index contributed by atoms with van der Waals surface area (Å²) in [6, 6.07) is 5.02. The van der Waals surface area contributed by atoms with Crippen LogP contribution in [0.15, 0.2) is 30.5 Å². The zero-order valence-electron chi connectivity index (χ0n) is 13.0. The summed E-state index contributed by atoms with van der Waals surface area (Å²) in [6.45, 7) is 0.422. The Morgan fingerprint density at radius 2 is 2.12 bits per heavy atom. The summed E-state index contributed by atoms with van der Waals surface area (Å²) in [6.07, 6.45) is 4.32. The third-order valence-corrected chi connectivity index (χ3v) is 5.30. The molecule has 2 fully saturated rings. The molecule has 2 heterocycles. The predicted octanol–water partition coefficient (Wildman–Crippen LogP) is 2.70. The topological polar surface area (TPSA) is 70.5 Å². The number of carboxylic acids is 1. The van der Waals surface area contributed by atoms with Crippen LogP contribution >= 0.6 is 0 Å². The molecule has 124 valence electrons. The SMILES string of the molecule is O=C(O)[C@@H]1[C@H]2CCC[C@H]2CN1C(=O)c1cc(F)cc2cccnc12. The Bertz CT molecular complexity index is 838. The lowest BCUT2D eigenvalue weighted by Crippen LogP contribution is -2.43. The Kier molecular flexibility index (Phi) is 3.48. The number of halogens is 1. The molecule has 1 aliphatic carbocycles. The molecule has 1 aromatic carbocycles. The van der Waals surface area contributed by atoms with E-state index in [0.29, 0.717) is 17.4 Å². The number of carbonyl (C=O) groups is 2. The van der Waals surface area contributed by atoms with Crippen molar-refractivity contribution in [2.75, 3.05) is 6.54 Å². The van der Waals surface area contributed by atoms with Gasteiger partial charge >= 0.3 is 5.97 Å². The second-order valence-electron chi connectivity index (χ2n) is 6.62. The zero-order chi connectivity index (χ0) is 16.8. The number of carboxylic acid groups (broad SMARTS) is 1. The van der Waals surface area contributed by atoms with Crippen LogP contribution in [0.2, 0.25) is 0 Å². The summed E-state index contributed by atoms with van der Waals surface area (Å²) in [5, 5.41) is 10.1. The Labute approximate surface area is 138 Å². The maximum absolute atomic E-state index is 13.9. The first kappa shape index (κ1) is 15.1. The number of aromatic nitrogens is 1. The van der Waals surface area contributed by atoms with Gasteiger partial charge in [-0.15, -0.1) is 0 Å². The van der Waals surface area contributed by atoms with Crippen LogP contribution in [0.3, 0.4) is 0 Å². The summed E-state index contributed by atoms with van der Waals surface area (Å²) in [5.74, 6) is -1.72. The van der Waals surface area contributed by atoms with Gasteiger partial charge in [0.1, 0.15) is 11.9 Å². The van der Waals surface area contributed by atoms with Gasteiger partial charge in [-0.05, 0) is 42.9 Å². The molecular weight excluding hydrogens is 311 g/mol. The van der Waals surface area contributed by atoms with Crippen molar-refractivity contribution in [1.29, 1.82) is 0 Å². The molecule has 1 amide bonds. The van der Waals surface area contributed by atoms with Gasteiger partial charge in [0.2, 0.25) is 0 Å². The van der Waals surface area contributed by atoms with E-state index in [1.807, 2.05) is 0 Å². The minimum Gasteiger partial charge on any atom is -0.480 e. The van der Waals surface area contributed by atoms with Gasteiger partial charge in [0.25, 0.3) is 5.91 Å². The van der Waals surface area contributed by atoms with Crippen molar-refractivity contribution in [3.63, 3.8) is 0 Å². The predicted molar refractivity (Wildman–Crippen MR) is 85.0 cm³/mol. The van der Waals surface area contributed by atoms with Crippen LogP contribution in [0.4, 0.5) is 4.39 Å². The largest absolute Gasteiger partial charge is 0.480 e. The molecule has 0 radical (unpaired) electrons. The minimum absolute atomic E-state index is 0.000711. The summed E-state index contributed by atoms with van der Waals surface area (Å²) in [4.78, 5) is 30.4. The fourth-order valence-corrected chi connectivity index (χ4v) is 4.30. The highest BCUT2D eigenvalue weighted by Gasteiger charge is 2.49. The quantitative estimate of drug-likeness (QED) is 0.920.